The Kier molecular flexibility index (Phi) is 5.47. The third-order valence-corrected chi connectivity index (χ3v) is 11.0. The molecule has 10 rings (SSSR count). The largest absolute Gasteiger partial charge is 0.293 e. The van der Waals surface area contributed by atoms with Crippen molar-refractivity contribution in [2.45, 2.75) is 19.3 Å². The van der Waals surface area contributed by atoms with Gasteiger partial charge in [0.05, 0.1) is 32.8 Å². The lowest BCUT2D eigenvalue weighted by Crippen LogP contribution is -2.31. The van der Waals surface area contributed by atoms with Gasteiger partial charge in [0.1, 0.15) is 10.6 Å². The Bertz CT molecular complexity index is 2730. The minimum Gasteiger partial charge on any atom is -0.293 e. The molecule has 0 saturated carbocycles. The van der Waals surface area contributed by atoms with E-state index in [-0.39, 0.29) is 5.41 Å². The normalized spacial score (nSPS) is 13.9. The van der Waals surface area contributed by atoms with E-state index in [0.717, 1.165) is 49.4 Å². The molecule has 1 aliphatic heterocycles. The van der Waals surface area contributed by atoms with Gasteiger partial charge in [0.15, 0.2) is 0 Å². The highest BCUT2D eigenvalue weighted by Gasteiger charge is 2.40. The van der Waals surface area contributed by atoms with Gasteiger partial charge in [0.2, 0.25) is 0 Å². The molecule has 4 aromatic heterocycles. The Hall–Kier alpha value is -5.65. The third kappa shape index (κ3) is 3.72. The van der Waals surface area contributed by atoms with E-state index in [4.69, 9.17) is 15.0 Å². The molecule has 0 bridgehead atoms. The second-order valence-electron chi connectivity index (χ2n) is 12.9. The number of hydrogen-bond acceptors (Lipinski definition) is 5. The number of nitrogens with zero attached hydrogens (tertiary/aromatic N) is 4. The lowest BCUT2D eigenvalue weighted by molar-refractivity contribution is 0.639. The topological polar surface area (TPSA) is 41.9 Å². The van der Waals surface area contributed by atoms with Gasteiger partial charge in [0, 0.05) is 38.7 Å². The van der Waals surface area contributed by atoms with Gasteiger partial charge in [-0.1, -0.05) is 105 Å². The van der Waals surface area contributed by atoms with Crippen LogP contribution >= 0.6 is 11.3 Å². The van der Waals surface area contributed by atoms with Crippen LogP contribution in [0.2, 0.25) is 0 Å². The average Bonchev–Trinajstić information content (AvgIpc) is 3.52. The third-order valence-electron chi connectivity index (χ3n) is 9.85. The summed E-state index contributed by atoms with van der Waals surface area (Å²) in [4.78, 5) is 19.0. The predicted octanol–water partition coefficient (Wildman–Crippen LogP) is 11.5. The van der Waals surface area contributed by atoms with Crippen LogP contribution in [-0.2, 0) is 5.41 Å². The molecular formula is C42H28N4S. The highest BCUT2D eigenvalue weighted by Crippen LogP contribution is 2.58. The van der Waals surface area contributed by atoms with Crippen LogP contribution in [0.1, 0.15) is 25.0 Å². The summed E-state index contributed by atoms with van der Waals surface area (Å²) in [6.45, 7) is 4.73. The Morgan fingerprint density at radius 2 is 1.30 bits per heavy atom. The first-order valence-electron chi connectivity index (χ1n) is 16.0. The van der Waals surface area contributed by atoms with Crippen LogP contribution in [0.15, 0.2) is 134 Å². The quantitative estimate of drug-likeness (QED) is 0.180. The second kappa shape index (κ2) is 9.68. The summed E-state index contributed by atoms with van der Waals surface area (Å²) in [5, 5.41) is 7.13. The summed E-state index contributed by atoms with van der Waals surface area (Å²) in [5.41, 5.74) is 8.52. The van der Waals surface area contributed by atoms with Crippen molar-refractivity contribution >= 4 is 81.4 Å². The molecule has 5 aromatic carbocycles. The molecule has 0 unspecified atom stereocenters. The zero-order valence-electron chi connectivity index (χ0n) is 25.9. The Balaban J connectivity index is 1.33. The molecular weight excluding hydrogens is 593 g/mol. The van der Waals surface area contributed by atoms with Crippen molar-refractivity contribution < 1.29 is 0 Å². The summed E-state index contributed by atoms with van der Waals surface area (Å²) in [5.74, 6) is 0.878. The number of pyridine rings is 3. The number of rotatable bonds is 2. The highest BCUT2D eigenvalue weighted by atomic mass is 32.1. The summed E-state index contributed by atoms with van der Waals surface area (Å²) >= 11 is 1.78. The van der Waals surface area contributed by atoms with Crippen molar-refractivity contribution in [3.8, 4) is 11.3 Å². The molecule has 5 heteroatoms. The number of fused-ring (bicyclic) bond motifs is 12. The van der Waals surface area contributed by atoms with Gasteiger partial charge in [-0.05, 0) is 58.3 Å². The predicted molar refractivity (Wildman–Crippen MR) is 197 cm³/mol. The molecule has 0 atom stereocenters. The number of anilines is 3. The van der Waals surface area contributed by atoms with Crippen LogP contribution in [0.4, 0.5) is 17.2 Å². The van der Waals surface area contributed by atoms with Gasteiger partial charge >= 0.3 is 0 Å². The van der Waals surface area contributed by atoms with Crippen LogP contribution in [-0.4, -0.2) is 15.0 Å². The molecule has 0 aliphatic carbocycles. The summed E-state index contributed by atoms with van der Waals surface area (Å²) in [7, 11) is 0. The number of benzene rings is 5. The molecule has 0 amide bonds. The average molecular weight is 621 g/mol. The van der Waals surface area contributed by atoms with Crippen molar-refractivity contribution in [1.29, 1.82) is 0 Å². The van der Waals surface area contributed by atoms with E-state index in [1.165, 1.54) is 43.1 Å². The Morgan fingerprint density at radius 3 is 2.15 bits per heavy atom. The molecule has 222 valence electrons. The number of thiophene rings is 1. The van der Waals surface area contributed by atoms with Gasteiger partial charge in [-0.25, -0.2) is 15.0 Å². The monoisotopic (exact) mass is 620 g/mol. The SMILES string of the molecule is CC1(C)c2ccccc2N(c2ccc3ccc4ccc(-c5ccccc5)nc4c3n2)c2c1c1ccccc1c1c2sc2ncccc21. The van der Waals surface area contributed by atoms with Crippen molar-refractivity contribution in [3.63, 3.8) is 0 Å². The first-order valence-corrected chi connectivity index (χ1v) is 16.8. The fraction of sp³-hybridized carbons (Fsp3) is 0.0714. The smallest absolute Gasteiger partial charge is 0.138 e. The fourth-order valence-corrected chi connectivity index (χ4v) is 8.91. The zero-order chi connectivity index (χ0) is 31.3. The van der Waals surface area contributed by atoms with E-state index in [0.29, 0.717) is 0 Å². The maximum absolute atomic E-state index is 5.50. The van der Waals surface area contributed by atoms with Gasteiger partial charge < -0.3 is 0 Å². The summed E-state index contributed by atoms with van der Waals surface area (Å²) in [6, 6.07) is 45.3. The zero-order valence-corrected chi connectivity index (χ0v) is 26.7. The minimum atomic E-state index is -0.254. The molecule has 1 aliphatic rings. The molecule has 47 heavy (non-hydrogen) atoms. The molecule has 0 saturated heterocycles. The molecule has 9 aromatic rings. The van der Waals surface area contributed by atoms with E-state index >= 15 is 0 Å². The van der Waals surface area contributed by atoms with Crippen molar-refractivity contribution in [3.05, 3.63) is 145 Å². The first-order chi connectivity index (χ1) is 23.1. The molecule has 0 fully saturated rings. The van der Waals surface area contributed by atoms with Crippen LogP contribution in [0.25, 0.3) is 64.1 Å². The van der Waals surface area contributed by atoms with Gasteiger partial charge in [-0.3, -0.25) is 4.90 Å². The highest BCUT2D eigenvalue weighted by molar-refractivity contribution is 7.26. The summed E-state index contributed by atoms with van der Waals surface area (Å²) < 4.78 is 1.24. The molecule has 4 nitrogen and oxygen atoms in total. The van der Waals surface area contributed by atoms with E-state index in [9.17, 15) is 0 Å². The molecule has 0 N–H and O–H groups in total. The van der Waals surface area contributed by atoms with Crippen molar-refractivity contribution in [2.75, 3.05) is 4.90 Å². The Labute approximate surface area is 275 Å². The first kappa shape index (κ1) is 26.6. The van der Waals surface area contributed by atoms with Crippen LogP contribution in [0.5, 0.6) is 0 Å². The van der Waals surface area contributed by atoms with E-state index in [1.54, 1.807) is 11.3 Å². The van der Waals surface area contributed by atoms with Crippen LogP contribution in [0.3, 0.4) is 0 Å². The van der Waals surface area contributed by atoms with Crippen molar-refractivity contribution in [2.24, 2.45) is 0 Å². The van der Waals surface area contributed by atoms with E-state index in [2.05, 4.69) is 134 Å². The number of hydrogen-bond donors (Lipinski definition) is 0. The van der Waals surface area contributed by atoms with E-state index in [1.807, 2.05) is 18.3 Å². The maximum atomic E-state index is 5.50. The van der Waals surface area contributed by atoms with Crippen LogP contribution in [0, 0.1) is 0 Å². The second-order valence-corrected chi connectivity index (χ2v) is 13.8. The van der Waals surface area contributed by atoms with E-state index < -0.39 is 0 Å². The number of para-hydroxylation sites is 1. The van der Waals surface area contributed by atoms with Gasteiger partial charge in [-0.15, -0.1) is 11.3 Å². The fourth-order valence-electron chi connectivity index (χ4n) is 7.71. The molecule has 0 spiro atoms. The minimum absolute atomic E-state index is 0.254. The van der Waals surface area contributed by atoms with Gasteiger partial charge in [0.25, 0.3) is 0 Å². The maximum Gasteiger partial charge on any atom is 0.138 e. The molecule has 0 radical (unpaired) electrons. The van der Waals surface area contributed by atoms with Gasteiger partial charge in [-0.2, -0.15) is 0 Å². The Morgan fingerprint density at radius 1 is 0.617 bits per heavy atom. The molecule has 5 heterocycles. The standard InChI is InChI=1S/C42H28N4S/c1-42(2)31-16-8-9-17-33(31)46(39-36(42)29-14-7-6-13-28(29)35-30-15-10-24-43-41(30)47-40(35)39)34-23-21-27-19-18-26-20-22-32(25-11-4-3-5-12-25)44-37(26)38(27)45-34/h3-24H,1-2H3. The van der Waals surface area contributed by atoms with Crippen LogP contribution < -0.4 is 4.90 Å². The summed E-state index contributed by atoms with van der Waals surface area (Å²) in [6.07, 6.45) is 1.90. The number of aromatic nitrogens is 3. The lowest BCUT2D eigenvalue weighted by Gasteiger charge is -2.42. The van der Waals surface area contributed by atoms with Crippen molar-refractivity contribution in [1.82, 2.24) is 15.0 Å². The lowest BCUT2D eigenvalue weighted by atomic mass is 9.71.